The molecule has 1 fully saturated rings. The molecule has 0 radical (unpaired) electrons. The standard InChI is InChI=1S/C15H14FN5O2/c16-11-4-3-9(10(6-11)7-17)8-21-5-1-2-12(21)15-19-14(13(18)22)20-23-15/h3-4,6,12H,1-2,5,8H2,(H2,18,22)/t12-/m1/s1. The lowest BCUT2D eigenvalue weighted by Gasteiger charge is -2.21. The van der Waals surface area contributed by atoms with Crippen LogP contribution in [-0.4, -0.2) is 27.5 Å². The predicted molar refractivity (Wildman–Crippen MR) is 76.3 cm³/mol. The van der Waals surface area contributed by atoms with Crippen LogP contribution in [0.2, 0.25) is 0 Å². The minimum Gasteiger partial charge on any atom is -0.363 e. The van der Waals surface area contributed by atoms with E-state index in [9.17, 15) is 9.18 Å². The van der Waals surface area contributed by atoms with Gasteiger partial charge in [-0.05, 0) is 37.1 Å². The Morgan fingerprint density at radius 1 is 1.57 bits per heavy atom. The van der Waals surface area contributed by atoms with Gasteiger partial charge in [-0.15, -0.1) is 0 Å². The first-order valence-corrected chi connectivity index (χ1v) is 7.14. The molecule has 0 bridgehead atoms. The fraction of sp³-hybridized carbons (Fsp3) is 0.333. The number of benzene rings is 1. The maximum Gasteiger partial charge on any atom is 0.290 e. The second-order valence-electron chi connectivity index (χ2n) is 5.36. The molecule has 1 atom stereocenters. The summed E-state index contributed by atoms with van der Waals surface area (Å²) >= 11 is 0. The minimum absolute atomic E-state index is 0.146. The highest BCUT2D eigenvalue weighted by molar-refractivity contribution is 5.88. The highest BCUT2D eigenvalue weighted by Gasteiger charge is 2.31. The van der Waals surface area contributed by atoms with Gasteiger partial charge in [-0.1, -0.05) is 11.2 Å². The molecule has 3 rings (SSSR count). The van der Waals surface area contributed by atoms with Crippen LogP contribution in [0.3, 0.4) is 0 Å². The molecule has 0 saturated carbocycles. The molecular weight excluding hydrogens is 301 g/mol. The predicted octanol–water partition coefficient (Wildman–Crippen LogP) is 1.52. The van der Waals surface area contributed by atoms with Crippen molar-refractivity contribution in [3.8, 4) is 6.07 Å². The van der Waals surface area contributed by atoms with Gasteiger partial charge in [0, 0.05) is 6.54 Å². The smallest absolute Gasteiger partial charge is 0.290 e. The van der Waals surface area contributed by atoms with Crippen molar-refractivity contribution >= 4 is 5.91 Å². The zero-order valence-electron chi connectivity index (χ0n) is 12.2. The second-order valence-corrected chi connectivity index (χ2v) is 5.36. The topological polar surface area (TPSA) is 109 Å². The third-order valence-corrected chi connectivity index (χ3v) is 3.88. The van der Waals surface area contributed by atoms with E-state index < -0.39 is 11.7 Å². The van der Waals surface area contributed by atoms with Crippen LogP contribution < -0.4 is 5.73 Å². The van der Waals surface area contributed by atoms with Crippen molar-refractivity contribution in [3.05, 3.63) is 46.9 Å². The largest absolute Gasteiger partial charge is 0.363 e. The number of rotatable bonds is 4. The molecule has 8 heteroatoms. The summed E-state index contributed by atoms with van der Waals surface area (Å²) in [4.78, 5) is 17.2. The van der Waals surface area contributed by atoms with E-state index in [1.807, 2.05) is 6.07 Å². The van der Waals surface area contributed by atoms with Gasteiger partial charge in [-0.3, -0.25) is 9.69 Å². The van der Waals surface area contributed by atoms with Gasteiger partial charge in [0.25, 0.3) is 11.7 Å². The molecule has 1 aromatic carbocycles. The van der Waals surface area contributed by atoms with E-state index in [-0.39, 0.29) is 11.9 Å². The van der Waals surface area contributed by atoms with Gasteiger partial charge in [0.1, 0.15) is 5.82 Å². The number of halogens is 1. The van der Waals surface area contributed by atoms with Gasteiger partial charge in [-0.25, -0.2) is 4.39 Å². The summed E-state index contributed by atoms with van der Waals surface area (Å²) in [7, 11) is 0. The normalized spacial score (nSPS) is 18.0. The SMILES string of the molecule is N#Cc1cc(F)ccc1CN1CCC[C@@H]1c1nc(C(N)=O)no1. The van der Waals surface area contributed by atoms with Gasteiger partial charge >= 0.3 is 0 Å². The Bertz CT molecular complexity index is 782. The third kappa shape index (κ3) is 3.05. The van der Waals surface area contributed by atoms with Crippen molar-refractivity contribution < 1.29 is 13.7 Å². The number of primary amides is 1. The molecule has 1 saturated heterocycles. The first-order valence-electron chi connectivity index (χ1n) is 7.14. The Balaban J connectivity index is 1.82. The molecule has 1 aromatic heterocycles. The van der Waals surface area contributed by atoms with Crippen molar-refractivity contribution in [1.82, 2.24) is 15.0 Å². The summed E-state index contributed by atoms with van der Waals surface area (Å²) in [6.07, 6.45) is 1.71. The van der Waals surface area contributed by atoms with E-state index in [0.717, 1.165) is 24.9 Å². The van der Waals surface area contributed by atoms with Gasteiger partial charge in [0.05, 0.1) is 17.7 Å². The maximum atomic E-state index is 13.2. The fourth-order valence-electron chi connectivity index (χ4n) is 2.78. The molecule has 0 unspecified atom stereocenters. The van der Waals surface area contributed by atoms with E-state index in [1.165, 1.54) is 12.1 Å². The Kier molecular flexibility index (Phi) is 4.04. The van der Waals surface area contributed by atoms with E-state index in [0.29, 0.717) is 18.0 Å². The summed E-state index contributed by atoms with van der Waals surface area (Å²) in [5.74, 6) is -0.996. The van der Waals surface area contributed by atoms with Gasteiger partial charge in [0.2, 0.25) is 5.89 Å². The number of nitriles is 1. The molecule has 2 N–H and O–H groups in total. The molecule has 1 aliphatic heterocycles. The van der Waals surface area contributed by atoms with Crippen molar-refractivity contribution in [2.24, 2.45) is 5.73 Å². The molecular formula is C15H14FN5O2. The van der Waals surface area contributed by atoms with E-state index in [1.54, 1.807) is 6.07 Å². The first kappa shape index (κ1) is 15.1. The zero-order valence-corrected chi connectivity index (χ0v) is 12.2. The van der Waals surface area contributed by atoms with Gasteiger partial charge < -0.3 is 10.3 Å². The number of carbonyl (C=O) groups excluding carboxylic acids is 1. The first-order chi connectivity index (χ1) is 11.1. The number of nitrogens with two attached hydrogens (primary N) is 1. The number of hydrogen-bond donors (Lipinski definition) is 1. The quantitative estimate of drug-likeness (QED) is 0.916. The molecule has 7 nitrogen and oxygen atoms in total. The molecule has 0 aliphatic carbocycles. The number of nitrogens with zero attached hydrogens (tertiary/aromatic N) is 4. The lowest BCUT2D eigenvalue weighted by Crippen LogP contribution is -2.23. The van der Waals surface area contributed by atoms with Crippen molar-refractivity contribution in [1.29, 1.82) is 5.26 Å². The van der Waals surface area contributed by atoms with Crippen LogP contribution in [0.15, 0.2) is 22.7 Å². The monoisotopic (exact) mass is 315 g/mol. The fourth-order valence-corrected chi connectivity index (χ4v) is 2.78. The van der Waals surface area contributed by atoms with E-state index in [4.69, 9.17) is 15.5 Å². The van der Waals surface area contributed by atoms with Crippen molar-refractivity contribution in [2.75, 3.05) is 6.54 Å². The zero-order chi connectivity index (χ0) is 16.4. The van der Waals surface area contributed by atoms with Crippen LogP contribution in [0.1, 0.15) is 46.5 Å². The molecule has 23 heavy (non-hydrogen) atoms. The summed E-state index contributed by atoms with van der Waals surface area (Å²) in [6, 6.07) is 6.01. The minimum atomic E-state index is -0.741. The molecule has 1 amide bonds. The second kappa shape index (κ2) is 6.14. The summed E-state index contributed by atoms with van der Waals surface area (Å²) in [5, 5.41) is 12.7. The van der Waals surface area contributed by atoms with Crippen LogP contribution in [0.5, 0.6) is 0 Å². The average Bonchev–Trinajstić information content (AvgIpc) is 3.17. The summed E-state index contributed by atoms with van der Waals surface area (Å²) < 4.78 is 18.4. The lowest BCUT2D eigenvalue weighted by molar-refractivity contribution is 0.0987. The van der Waals surface area contributed by atoms with E-state index >= 15 is 0 Å². The molecule has 0 spiro atoms. The van der Waals surface area contributed by atoms with Crippen molar-refractivity contribution in [3.63, 3.8) is 0 Å². The number of amides is 1. The summed E-state index contributed by atoms with van der Waals surface area (Å²) in [5.41, 5.74) is 6.16. The van der Waals surface area contributed by atoms with Gasteiger partial charge in [0.15, 0.2) is 0 Å². The van der Waals surface area contributed by atoms with Crippen LogP contribution in [-0.2, 0) is 6.54 Å². The molecule has 118 valence electrons. The maximum absolute atomic E-state index is 13.2. The molecule has 2 aromatic rings. The van der Waals surface area contributed by atoms with Crippen LogP contribution >= 0.6 is 0 Å². The Morgan fingerprint density at radius 3 is 3.09 bits per heavy atom. The summed E-state index contributed by atoms with van der Waals surface area (Å²) in [6.45, 7) is 1.24. The molecule has 1 aliphatic rings. The number of carbonyl (C=O) groups is 1. The number of aromatic nitrogens is 2. The van der Waals surface area contributed by atoms with Crippen LogP contribution in [0.4, 0.5) is 4.39 Å². The van der Waals surface area contributed by atoms with Crippen LogP contribution in [0, 0.1) is 17.1 Å². The number of likely N-dealkylation sites (tertiary alicyclic amines) is 1. The Labute approximate surface area is 131 Å². The van der Waals surface area contributed by atoms with Crippen molar-refractivity contribution in [2.45, 2.75) is 25.4 Å². The Hall–Kier alpha value is -2.79. The van der Waals surface area contributed by atoms with Gasteiger partial charge in [-0.2, -0.15) is 10.2 Å². The lowest BCUT2D eigenvalue weighted by atomic mass is 10.1. The average molecular weight is 315 g/mol. The number of hydrogen-bond acceptors (Lipinski definition) is 6. The highest BCUT2D eigenvalue weighted by atomic mass is 19.1. The third-order valence-electron chi connectivity index (χ3n) is 3.88. The van der Waals surface area contributed by atoms with Crippen LogP contribution in [0.25, 0.3) is 0 Å². The molecule has 2 heterocycles. The van der Waals surface area contributed by atoms with E-state index in [2.05, 4.69) is 15.0 Å². The highest BCUT2D eigenvalue weighted by Crippen LogP contribution is 2.32. The Morgan fingerprint density at radius 2 is 2.39 bits per heavy atom.